The van der Waals surface area contributed by atoms with Gasteiger partial charge in [0.2, 0.25) is 0 Å². The maximum Gasteiger partial charge on any atom is 0.318 e. The largest absolute Gasteiger partial charge is 0.391 e. The number of fused-ring (bicyclic) bond motifs is 1. The number of benzene rings is 1. The van der Waals surface area contributed by atoms with E-state index in [2.05, 4.69) is 5.32 Å². The summed E-state index contributed by atoms with van der Waals surface area (Å²) in [6.07, 6.45) is 1.91. The molecule has 0 spiro atoms. The molecule has 2 N–H and O–H groups in total. The number of hydrogen-bond donors (Lipinski definition) is 2. The van der Waals surface area contributed by atoms with Crippen LogP contribution >= 0.6 is 0 Å². The highest BCUT2D eigenvalue weighted by molar-refractivity contribution is 5.75. The van der Waals surface area contributed by atoms with Gasteiger partial charge in [0.25, 0.3) is 0 Å². The number of amides is 2. The number of rotatable bonds is 2. The lowest BCUT2D eigenvalue weighted by atomic mass is 9.88. The van der Waals surface area contributed by atoms with Gasteiger partial charge in [0, 0.05) is 13.1 Å². The van der Waals surface area contributed by atoms with Crippen molar-refractivity contribution in [1.82, 2.24) is 10.2 Å². The summed E-state index contributed by atoms with van der Waals surface area (Å²) in [5.41, 5.74) is 1.10. The van der Waals surface area contributed by atoms with E-state index in [1.807, 2.05) is 35.2 Å². The molecule has 1 aliphatic heterocycles. The van der Waals surface area contributed by atoms with E-state index in [0.717, 1.165) is 24.9 Å². The third-order valence-corrected chi connectivity index (χ3v) is 5.40. The lowest BCUT2D eigenvalue weighted by Crippen LogP contribution is -2.47. The third kappa shape index (κ3) is 1.74. The SMILES string of the molecule is O=C(NCc1ccccc1)N1CC2CC3CC2C1C3O. The number of urea groups is 1. The maximum absolute atomic E-state index is 12.4. The highest BCUT2D eigenvalue weighted by Crippen LogP contribution is 2.54. The molecule has 1 aromatic rings. The topological polar surface area (TPSA) is 52.6 Å². The van der Waals surface area contributed by atoms with Crippen molar-refractivity contribution in [1.29, 1.82) is 0 Å². The van der Waals surface area contributed by atoms with Crippen LogP contribution in [0, 0.1) is 17.8 Å². The third-order valence-electron chi connectivity index (χ3n) is 5.40. The number of hydrogen-bond acceptors (Lipinski definition) is 2. The van der Waals surface area contributed by atoms with Crippen LogP contribution in [-0.4, -0.2) is 34.7 Å². The Kier molecular flexibility index (Phi) is 2.74. The Morgan fingerprint density at radius 1 is 1.25 bits per heavy atom. The fraction of sp³-hybridized carbons (Fsp3) is 0.562. The second-order valence-electron chi connectivity index (χ2n) is 6.43. The first-order chi connectivity index (χ1) is 9.74. The molecule has 2 amide bonds. The molecule has 2 saturated carbocycles. The molecule has 3 fully saturated rings. The molecule has 2 bridgehead atoms. The Hall–Kier alpha value is -1.55. The first-order valence-electron chi connectivity index (χ1n) is 7.50. The molecule has 2 aliphatic carbocycles. The molecule has 4 rings (SSSR count). The number of aliphatic hydroxyl groups excluding tert-OH is 1. The number of aliphatic hydroxyl groups is 1. The number of carbonyl (C=O) groups excluding carboxylic acids is 1. The molecule has 20 heavy (non-hydrogen) atoms. The summed E-state index contributed by atoms with van der Waals surface area (Å²) in [5.74, 6) is 1.59. The van der Waals surface area contributed by atoms with E-state index in [4.69, 9.17) is 0 Å². The summed E-state index contributed by atoms with van der Waals surface area (Å²) in [7, 11) is 0. The standard InChI is InChI=1S/C16H20N2O2/c19-15-11-6-12-9-18(14(15)13(12)7-11)16(20)17-8-10-4-2-1-3-5-10/h1-5,11-15,19H,6-9H2,(H,17,20). The van der Waals surface area contributed by atoms with Crippen molar-refractivity contribution < 1.29 is 9.90 Å². The molecule has 3 aliphatic rings. The van der Waals surface area contributed by atoms with E-state index >= 15 is 0 Å². The van der Waals surface area contributed by atoms with Crippen LogP contribution in [0.15, 0.2) is 30.3 Å². The summed E-state index contributed by atoms with van der Waals surface area (Å²) < 4.78 is 0. The van der Waals surface area contributed by atoms with Crippen molar-refractivity contribution in [3.05, 3.63) is 35.9 Å². The van der Waals surface area contributed by atoms with Crippen LogP contribution in [0.4, 0.5) is 4.79 Å². The summed E-state index contributed by atoms with van der Waals surface area (Å²) in [6, 6.07) is 9.98. The van der Waals surface area contributed by atoms with E-state index in [9.17, 15) is 9.90 Å². The maximum atomic E-state index is 12.4. The number of nitrogens with one attached hydrogen (secondary N) is 1. The van der Waals surface area contributed by atoms with Gasteiger partial charge in [-0.25, -0.2) is 4.79 Å². The predicted molar refractivity (Wildman–Crippen MR) is 74.9 cm³/mol. The molecule has 4 heteroatoms. The number of likely N-dealkylation sites (tertiary alicyclic amines) is 1. The fourth-order valence-electron chi connectivity index (χ4n) is 4.52. The quantitative estimate of drug-likeness (QED) is 0.859. The van der Waals surface area contributed by atoms with E-state index in [0.29, 0.717) is 24.3 Å². The first kappa shape index (κ1) is 12.2. The summed E-state index contributed by atoms with van der Waals surface area (Å²) in [4.78, 5) is 14.3. The van der Waals surface area contributed by atoms with Crippen LogP contribution < -0.4 is 5.32 Å². The van der Waals surface area contributed by atoms with Crippen molar-refractivity contribution in [2.75, 3.05) is 6.54 Å². The van der Waals surface area contributed by atoms with Gasteiger partial charge in [-0.3, -0.25) is 0 Å². The van der Waals surface area contributed by atoms with Gasteiger partial charge in [-0.2, -0.15) is 0 Å². The molecule has 0 radical (unpaired) electrons. The van der Waals surface area contributed by atoms with Gasteiger partial charge in [-0.15, -0.1) is 0 Å². The van der Waals surface area contributed by atoms with Crippen LogP contribution in [0.2, 0.25) is 0 Å². The summed E-state index contributed by atoms with van der Waals surface area (Å²) >= 11 is 0. The van der Waals surface area contributed by atoms with E-state index in [1.165, 1.54) is 0 Å². The summed E-state index contributed by atoms with van der Waals surface area (Å²) in [5, 5.41) is 13.3. The zero-order valence-electron chi connectivity index (χ0n) is 11.4. The van der Waals surface area contributed by atoms with Gasteiger partial charge < -0.3 is 15.3 Å². The van der Waals surface area contributed by atoms with Crippen molar-refractivity contribution in [2.45, 2.75) is 31.5 Å². The van der Waals surface area contributed by atoms with E-state index in [1.54, 1.807) is 0 Å². The molecular formula is C16H20N2O2. The lowest BCUT2D eigenvalue weighted by molar-refractivity contribution is 0.0608. The van der Waals surface area contributed by atoms with Crippen LogP contribution in [0.5, 0.6) is 0 Å². The Morgan fingerprint density at radius 2 is 2.05 bits per heavy atom. The van der Waals surface area contributed by atoms with Crippen molar-refractivity contribution in [2.24, 2.45) is 17.8 Å². The van der Waals surface area contributed by atoms with Crippen LogP contribution in [0.3, 0.4) is 0 Å². The van der Waals surface area contributed by atoms with Crippen molar-refractivity contribution >= 4 is 6.03 Å². The molecule has 106 valence electrons. The molecule has 1 heterocycles. The average molecular weight is 272 g/mol. The normalized spacial score (nSPS) is 37.5. The molecule has 5 unspecified atom stereocenters. The van der Waals surface area contributed by atoms with Gasteiger partial charge >= 0.3 is 6.03 Å². The molecule has 0 aromatic heterocycles. The molecule has 1 aromatic carbocycles. The van der Waals surface area contributed by atoms with Gasteiger partial charge in [0.1, 0.15) is 0 Å². The number of carbonyl (C=O) groups is 1. The first-order valence-corrected chi connectivity index (χ1v) is 7.50. The Morgan fingerprint density at radius 3 is 2.80 bits per heavy atom. The zero-order chi connectivity index (χ0) is 13.7. The number of nitrogens with zero attached hydrogens (tertiary/aromatic N) is 1. The van der Waals surface area contributed by atoms with Gasteiger partial charge in [-0.1, -0.05) is 30.3 Å². The Labute approximate surface area is 118 Å². The van der Waals surface area contributed by atoms with Gasteiger partial charge in [0.05, 0.1) is 12.1 Å². The van der Waals surface area contributed by atoms with Crippen LogP contribution in [-0.2, 0) is 6.54 Å². The zero-order valence-corrected chi connectivity index (χ0v) is 11.4. The van der Waals surface area contributed by atoms with Crippen LogP contribution in [0.1, 0.15) is 18.4 Å². The van der Waals surface area contributed by atoms with E-state index in [-0.39, 0.29) is 18.2 Å². The van der Waals surface area contributed by atoms with Gasteiger partial charge in [-0.05, 0) is 36.2 Å². The molecular weight excluding hydrogens is 252 g/mol. The minimum Gasteiger partial charge on any atom is -0.391 e. The van der Waals surface area contributed by atoms with Crippen LogP contribution in [0.25, 0.3) is 0 Å². The predicted octanol–water partition coefficient (Wildman–Crippen LogP) is 1.60. The second-order valence-corrected chi connectivity index (χ2v) is 6.43. The summed E-state index contributed by atoms with van der Waals surface area (Å²) in [6.45, 7) is 1.38. The van der Waals surface area contributed by atoms with Gasteiger partial charge in [0.15, 0.2) is 0 Å². The Bertz CT molecular complexity index is 516. The second kappa shape index (κ2) is 4.48. The van der Waals surface area contributed by atoms with Crippen molar-refractivity contribution in [3.8, 4) is 0 Å². The van der Waals surface area contributed by atoms with Crippen molar-refractivity contribution in [3.63, 3.8) is 0 Å². The molecule has 4 nitrogen and oxygen atoms in total. The lowest BCUT2D eigenvalue weighted by Gasteiger charge is -2.28. The Balaban J connectivity index is 1.42. The monoisotopic (exact) mass is 272 g/mol. The smallest absolute Gasteiger partial charge is 0.318 e. The fourth-order valence-corrected chi connectivity index (χ4v) is 4.52. The molecule has 5 atom stereocenters. The highest BCUT2D eigenvalue weighted by Gasteiger charge is 2.59. The minimum absolute atomic E-state index is 0.0204. The van der Waals surface area contributed by atoms with E-state index < -0.39 is 0 Å². The highest BCUT2D eigenvalue weighted by atomic mass is 16.3. The average Bonchev–Trinajstić information content (AvgIpc) is 3.07. The minimum atomic E-state index is -0.304. The molecule has 1 saturated heterocycles.